The summed E-state index contributed by atoms with van der Waals surface area (Å²) in [6, 6.07) is 0. The van der Waals surface area contributed by atoms with Gasteiger partial charge in [0.1, 0.15) is 5.69 Å². The van der Waals surface area contributed by atoms with Gasteiger partial charge in [0.05, 0.1) is 11.9 Å². The molecule has 0 saturated carbocycles. The third-order valence-electron chi connectivity index (χ3n) is 3.79. The number of piperidine rings is 1. The van der Waals surface area contributed by atoms with Crippen molar-refractivity contribution in [2.75, 3.05) is 26.2 Å². The van der Waals surface area contributed by atoms with Crippen LogP contribution in [0.15, 0.2) is 12.4 Å². The minimum atomic E-state index is -0.122. The van der Waals surface area contributed by atoms with Gasteiger partial charge in [-0.25, -0.2) is 4.98 Å². The molecule has 1 saturated heterocycles. The molecule has 1 amide bonds. The smallest absolute Gasteiger partial charge is 0.271 e. The van der Waals surface area contributed by atoms with Gasteiger partial charge in [0, 0.05) is 25.8 Å². The SMILES string of the molecule is Cc1cnc(C(=O)NC[C@H]2CCCN(CC(C)C)C2)cn1. The van der Waals surface area contributed by atoms with E-state index in [4.69, 9.17) is 0 Å². The Balaban J connectivity index is 1.79. The molecule has 116 valence electrons. The highest BCUT2D eigenvalue weighted by molar-refractivity contribution is 5.91. The van der Waals surface area contributed by atoms with Crippen LogP contribution >= 0.6 is 0 Å². The summed E-state index contributed by atoms with van der Waals surface area (Å²) in [6.07, 6.45) is 5.57. The van der Waals surface area contributed by atoms with E-state index < -0.39 is 0 Å². The standard InChI is InChI=1S/C16H26N4O/c1-12(2)10-20-6-4-5-14(11-20)8-19-16(21)15-9-17-13(3)7-18-15/h7,9,12,14H,4-6,8,10-11H2,1-3H3,(H,19,21)/t14-/m1/s1. The summed E-state index contributed by atoms with van der Waals surface area (Å²) in [7, 11) is 0. The fourth-order valence-electron chi connectivity index (χ4n) is 2.84. The second-order valence-electron chi connectivity index (χ2n) is 6.41. The van der Waals surface area contributed by atoms with Crippen molar-refractivity contribution in [2.24, 2.45) is 11.8 Å². The highest BCUT2D eigenvalue weighted by Gasteiger charge is 2.21. The van der Waals surface area contributed by atoms with E-state index >= 15 is 0 Å². The summed E-state index contributed by atoms with van der Waals surface area (Å²) in [4.78, 5) is 22.8. The maximum Gasteiger partial charge on any atom is 0.271 e. The molecular formula is C16H26N4O. The van der Waals surface area contributed by atoms with E-state index in [1.54, 1.807) is 6.20 Å². The molecule has 0 aliphatic carbocycles. The molecule has 0 bridgehead atoms. The second-order valence-corrected chi connectivity index (χ2v) is 6.41. The number of aryl methyl sites for hydroxylation is 1. The molecule has 5 heteroatoms. The molecule has 1 N–H and O–H groups in total. The maximum atomic E-state index is 12.0. The van der Waals surface area contributed by atoms with E-state index in [1.807, 2.05) is 6.92 Å². The van der Waals surface area contributed by atoms with Gasteiger partial charge in [-0.2, -0.15) is 0 Å². The van der Waals surface area contributed by atoms with Crippen LogP contribution in [0.5, 0.6) is 0 Å². The third-order valence-corrected chi connectivity index (χ3v) is 3.79. The molecule has 1 aliphatic rings. The van der Waals surface area contributed by atoms with Crippen molar-refractivity contribution in [2.45, 2.75) is 33.6 Å². The molecule has 1 aliphatic heterocycles. The van der Waals surface area contributed by atoms with Crippen LogP contribution in [-0.4, -0.2) is 47.0 Å². The summed E-state index contributed by atoms with van der Waals surface area (Å²) in [5, 5.41) is 2.99. The predicted octanol–water partition coefficient (Wildman–Crippen LogP) is 1.88. The van der Waals surface area contributed by atoms with Crippen LogP contribution in [0.4, 0.5) is 0 Å². The van der Waals surface area contributed by atoms with Crippen molar-refractivity contribution in [3.05, 3.63) is 23.8 Å². The van der Waals surface area contributed by atoms with Crippen molar-refractivity contribution in [3.63, 3.8) is 0 Å². The summed E-state index contributed by atoms with van der Waals surface area (Å²) < 4.78 is 0. The number of amides is 1. The normalized spacial score (nSPS) is 19.7. The van der Waals surface area contributed by atoms with Crippen LogP contribution in [0, 0.1) is 18.8 Å². The number of rotatable bonds is 5. The molecule has 0 aromatic carbocycles. The highest BCUT2D eigenvalue weighted by atomic mass is 16.1. The topological polar surface area (TPSA) is 58.1 Å². The summed E-state index contributed by atoms with van der Waals surface area (Å²) in [5.74, 6) is 1.12. The Bertz CT molecular complexity index is 458. The Hall–Kier alpha value is -1.49. The number of aromatic nitrogens is 2. The van der Waals surface area contributed by atoms with E-state index in [2.05, 4.69) is 34.0 Å². The van der Waals surface area contributed by atoms with Crippen molar-refractivity contribution in [1.29, 1.82) is 0 Å². The van der Waals surface area contributed by atoms with Crippen LogP contribution in [0.1, 0.15) is 42.9 Å². The van der Waals surface area contributed by atoms with E-state index in [0.29, 0.717) is 17.5 Å². The number of hydrogen-bond acceptors (Lipinski definition) is 4. The van der Waals surface area contributed by atoms with Crippen molar-refractivity contribution in [3.8, 4) is 0 Å². The van der Waals surface area contributed by atoms with Gasteiger partial charge in [0.25, 0.3) is 5.91 Å². The minimum Gasteiger partial charge on any atom is -0.350 e. The van der Waals surface area contributed by atoms with Crippen LogP contribution in [0.25, 0.3) is 0 Å². The number of carbonyl (C=O) groups is 1. The van der Waals surface area contributed by atoms with Gasteiger partial charge in [-0.3, -0.25) is 9.78 Å². The third kappa shape index (κ3) is 5.08. The second kappa shape index (κ2) is 7.50. The molecule has 0 spiro atoms. The largest absolute Gasteiger partial charge is 0.350 e. The molecule has 2 heterocycles. The molecule has 1 fully saturated rings. The number of hydrogen-bond donors (Lipinski definition) is 1. The lowest BCUT2D eigenvalue weighted by atomic mass is 9.97. The quantitative estimate of drug-likeness (QED) is 0.899. The predicted molar refractivity (Wildman–Crippen MR) is 83.1 cm³/mol. The van der Waals surface area contributed by atoms with Crippen molar-refractivity contribution in [1.82, 2.24) is 20.2 Å². The molecule has 2 rings (SSSR count). The van der Waals surface area contributed by atoms with Gasteiger partial charge in [0.2, 0.25) is 0 Å². The maximum absolute atomic E-state index is 12.0. The van der Waals surface area contributed by atoms with Gasteiger partial charge in [0.15, 0.2) is 0 Å². The van der Waals surface area contributed by atoms with E-state index in [1.165, 1.54) is 25.6 Å². The number of likely N-dealkylation sites (tertiary alicyclic amines) is 1. The lowest BCUT2D eigenvalue weighted by Crippen LogP contribution is -2.42. The highest BCUT2D eigenvalue weighted by Crippen LogP contribution is 2.16. The van der Waals surface area contributed by atoms with Crippen LogP contribution < -0.4 is 5.32 Å². The van der Waals surface area contributed by atoms with E-state index in [9.17, 15) is 4.79 Å². The zero-order valence-corrected chi connectivity index (χ0v) is 13.3. The fourth-order valence-corrected chi connectivity index (χ4v) is 2.84. The van der Waals surface area contributed by atoms with E-state index in [-0.39, 0.29) is 5.91 Å². The van der Waals surface area contributed by atoms with Crippen molar-refractivity contribution >= 4 is 5.91 Å². The Kier molecular flexibility index (Phi) is 5.67. The zero-order valence-electron chi connectivity index (χ0n) is 13.3. The molecular weight excluding hydrogens is 264 g/mol. The molecule has 0 radical (unpaired) electrons. The Morgan fingerprint density at radius 1 is 1.43 bits per heavy atom. The van der Waals surface area contributed by atoms with Gasteiger partial charge in [-0.1, -0.05) is 13.8 Å². The van der Waals surface area contributed by atoms with Crippen LogP contribution in [0.2, 0.25) is 0 Å². The zero-order chi connectivity index (χ0) is 15.2. The average Bonchev–Trinajstić information content (AvgIpc) is 2.45. The lowest BCUT2D eigenvalue weighted by molar-refractivity contribution is 0.0924. The van der Waals surface area contributed by atoms with Crippen LogP contribution in [0.3, 0.4) is 0 Å². The number of nitrogens with zero attached hydrogens (tertiary/aromatic N) is 3. The monoisotopic (exact) mass is 290 g/mol. The Morgan fingerprint density at radius 3 is 2.90 bits per heavy atom. The number of nitrogens with one attached hydrogen (secondary N) is 1. The van der Waals surface area contributed by atoms with Gasteiger partial charge < -0.3 is 10.2 Å². The first-order chi connectivity index (χ1) is 10.0. The van der Waals surface area contributed by atoms with Gasteiger partial charge in [-0.15, -0.1) is 0 Å². The molecule has 1 atom stereocenters. The lowest BCUT2D eigenvalue weighted by Gasteiger charge is -2.33. The summed E-state index contributed by atoms with van der Waals surface area (Å²) in [6.45, 7) is 10.5. The molecule has 21 heavy (non-hydrogen) atoms. The molecule has 5 nitrogen and oxygen atoms in total. The number of carbonyl (C=O) groups excluding carboxylic acids is 1. The molecule has 1 aromatic rings. The molecule has 0 unspecified atom stereocenters. The Morgan fingerprint density at radius 2 is 2.24 bits per heavy atom. The van der Waals surface area contributed by atoms with E-state index in [0.717, 1.165) is 25.3 Å². The Labute approximate surface area is 127 Å². The first kappa shape index (κ1) is 15.9. The first-order valence-electron chi connectivity index (χ1n) is 7.84. The fraction of sp³-hybridized carbons (Fsp3) is 0.688. The average molecular weight is 290 g/mol. The summed E-state index contributed by atoms with van der Waals surface area (Å²) in [5.41, 5.74) is 1.22. The van der Waals surface area contributed by atoms with Crippen LogP contribution in [-0.2, 0) is 0 Å². The van der Waals surface area contributed by atoms with Gasteiger partial charge in [-0.05, 0) is 38.1 Å². The van der Waals surface area contributed by atoms with Crippen molar-refractivity contribution < 1.29 is 4.79 Å². The molecule has 1 aromatic heterocycles. The van der Waals surface area contributed by atoms with Gasteiger partial charge >= 0.3 is 0 Å². The summed E-state index contributed by atoms with van der Waals surface area (Å²) >= 11 is 0. The first-order valence-corrected chi connectivity index (χ1v) is 7.84. The minimum absolute atomic E-state index is 0.122.